The molecule has 0 heterocycles. The van der Waals surface area contributed by atoms with Crippen LogP contribution in [0.3, 0.4) is 0 Å². The fourth-order valence-corrected chi connectivity index (χ4v) is 3.51. The number of hydrogen-bond acceptors (Lipinski definition) is 2. The summed E-state index contributed by atoms with van der Waals surface area (Å²) in [5.74, 6) is 0. The van der Waals surface area contributed by atoms with Crippen molar-refractivity contribution in [2.45, 2.75) is 45.5 Å². The predicted octanol–water partition coefficient (Wildman–Crippen LogP) is 1.59. The number of aliphatic hydroxyl groups excluding tert-OH is 2. The fraction of sp³-hybridized carbons (Fsp3) is 0.889. The van der Waals surface area contributed by atoms with Gasteiger partial charge in [0.05, 0.1) is 20.8 Å². The summed E-state index contributed by atoms with van der Waals surface area (Å²) in [5, 5.41) is 18.4. The Balaban J connectivity index is 4.22. The summed E-state index contributed by atoms with van der Waals surface area (Å²) in [6.45, 7) is 8.59. The highest BCUT2D eigenvalue weighted by molar-refractivity contribution is 6.81. The molecule has 0 amide bonds. The summed E-state index contributed by atoms with van der Waals surface area (Å²) in [4.78, 5) is 0. The molecule has 0 aromatic rings. The molecule has 3 heteroatoms. The first-order valence-electron chi connectivity index (χ1n) is 4.58. The monoisotopic (exact) mass is 189 g/mol. The Morgan fingerprint density at radius 1 is 1.33 bits per heavy atom. The molecule has 0 aromatic carbocycles. The molecule has 2 nitrogen and oxygen atoms in total. The molecule has 0 saturated heterocycles. The van der Waals surface area contributed by atoms with E-state index in [9.17, 15) is 5.11 Å². The van der Waals surface area contributed by atoms with E-state index in [1.165, 1.54) is 5.54 Å². The molecule has 0 fully saturated rings. The minimum absolute atomic E-state index is 0.125. The molecule has 1 atom stereocenters. The van der Waals surface area contributed by atoms with Gasteiger partial charge in [-0.2, -0.15) is 0 Å². The lowest BCUT2D eigenvalue weighted by molar-refractivity contribution is 0.109. The minimum Gasteiger partial charge on any atom is -0.394 e. The summed E-state index contributed by atoms with van der Waals surface area (Å²) >= 11 is 0. The smallest absolute Gasteiger partial charge is 0.0806 e. The van der Waals surface area contributed by atoms with Crippen LogP contribution >= 0.6 is 0 Å². The molecule has 0 aliphatic heterocycles. The van der Waals surface area contributed by atoms with Gasteiger partial charge in [0.25, 0.3) is 0 Å². The van der Waals surface area contributed by atoms with E-state index in [-0.39, 0.29) is 6.61 Å². The van der Waals surface area contributed by atoms with E-state index in [0.717, 1.165) is 12.8 Å². The van der Waals surface area contributed by atoms with Gasteiger partial charge in [0, 0.05) is 0 Å². The van der Waals surface area contributed by atoms with E-state index in [4.69, 9.17) is 5.11 Å². The molecule has 0 aliphatic rings. The fourth-order valence-electron chi connectivity index (χ4n) is 1.42. The van der Waals surface area contributed by atoms with E-state index in [2.05, 4.69) is 26.6 Å². The van der Waals surface area contributed by atoms with Gasteiger partial charge >= 0.3 is 0 Å². The molecule has 0 bridgehead atoms. The van der Waals surface area contributed by atoms with Crippen molar-refractivity contribution >= 4 is 8.07 Å². The second-order valence-corrected chi connectivity index (χ2v) is 9.37. The molecule has 2 N–H and O–H groups in total. The van der Waals surface area contributed by atoms with E-state index in [1.54, 1.807) is 0 Å². The maximum atomic E-state index is 9.53. The molecule has 12 heavy (non-hydrogen) atoms. The van der Waals surface area contributed by atoms with Crippen molar-refractivity contribution in [2.75, 3.05) is 6.61 Å². The van der Waals surface area contributed by atoms with Gasteiger partial charge in [-0.3, -0.25) is 0 Å². The summed E-state index contributed by atoms with van der Waals surface area (Å²) < 4.78 is 0. The van der Waals surface area contributed by atoms with Crippen molar-refractivity contribution < 1.29 is 10.2 Å². The highest BCUT2D eigenvalue weighted by atomic mass is 28.3. The first-order chi connectivity index (χ1) is 5.43. The molecule has 1 radical (unpaired) electrons. The quantitative estimate of drug-likeness (QED) is 0.645. The zero-order chi connectivity index (χ0) is 9.78. The Bertz CT molecular complexity index is 120. The Labute approximate surface area is 76.6 Å². The molecular formula is C9H21O2Si. The van der Waals surface area contributed by atoms with Crippen molar-refractivity contribution in [3.8, 4) is 0 Å². The molecule has 73 valence electrons. The molecule has 0 saturated carbocycles. The first-order valence-corrected chi connectivity index (χ1v) is 8.08. The lowest BCUT2D eigenvalue weighted by atomic mass is 10.1. The highest BCUT2D eigenvalue weighted by Gasteiger charge is 2.31. The van der Waals surface area contributed by atoms with Crippen LogP contribution in [0.4, 0.5) is 0 Å². The van der Waals surface area contributed by atoms with Gasteiger partial charge in [-0.25, -0.2) is 0 Å². The summed E-state index contributed by atoms with van der Waals surface area (Å²) in [5.41, 5.74) is 1.19. The van der Waals surface area contributed by atoms with Gasteiger partial charge in [-0.05, 0) is 12.0 Å². The molecule has 1 unspecified atom stereocenters. The second-order valence-electron chi connectivity index (χ2n) is 4.22. The highest BCUT2D eigenvalue weighted by Crippen LogP contribution is 2.26. The molecule has 0 spiro atoms. The third kappa shape index (κ3) is 3.69. The van der Waals surface area contributed by atoms with E-state index < -0.39 is 14.2 Å². The predicted molar refractivity (Wildman–Crippen MR) is 54.6 cm³/mol. The van der Waals surface area contributed by atoms with Gasteiger partial charge in [0.2, 0.25) is 0 Å². The van der Waals surface area contributed by atoms with Gasteiger partial charge in [-0.1, -0.05) is 33.0 Å². The summed E-state index contributed by atoms with van der Waals surface area (Å²) in [6.07, 6.45) is 1.42. The third-order valence-corrected chi connectivity index (χ3v) is 4.57. The zero-order valence-corrected chi connectivity index (χ0v) is 9.59. The van der Waals surface area contributed by atoms with Crippen molar-refractivity contribution in [1.29, 1.82) is 0 Å². The van der Waals surface area contributed by atoms with Crippen LogP contribution in [0, 0.1) is 5.54 Å². The van der Waals surface area contributed by atoms with Crippen LogP contribution in [0.1, 0.15) is 19.8 Å². The maximum absolute atomic E-state index is 9.53. The van der Waals surface area contributed by atoms with Crippen LogP contribution in [0.15, 0.2) is 0 Å². The van der Waals surface area contributed by atoms with E-state index in [0.29, 0.717) is 0 Å². The van der Waals surface area contributed by atoms with Crippen molar-refractivity contribution in [3.05, 3.63) is 5.54 Å². The molecule has 0 aliphatic carbocycles. The maximum Gasteiger partial charge on any atom is 0.0806 e. The average molecular weight is 189 g/mol. The van der Waals surface area contributed by atoms with Crippen LogP contribution < -0.4 is 0 Å². The number of hydrogen-bond donors (Lipinski definition) is 2. The first kappa shape index (κ1) is 12.1. The van der Waals surface area contributed by atoms with E-state index in [1.807, 2.05) is 0 Å². The van der Waals surface area contributed by atoms with Crippen LogP contribution in [0.2, 0.25) is 19.6 Å². The van der Waals surface area contributed by atoms with E-state index >= 15 is 0 Å². The van der Waals surface area contributed by atoms with Crippen molar-refractivity contribution in [2.24, 2.45) is 0 Å². The number of rotatable bonds is 5. The Morgan fingerprint density at radius 3 is 2.08 bits per heavy atom. The van der Waals surface area contributed by atoms with Crippen LogP contribution in [-0.4, -0.2) is 31.0 Å². The number of aliphatic hydroxyl groups is 2. The van der Waals surface area contributed by atoms with Gasteiger partial charge in [0.15, 0.2) is 0 Å². The normalized spacial score (nSPS) is 15.2. The SMILES string of the molecule is CCC[C](C(O)CO)[Si](C)(C)C. The van der Waals surface area contributed by atoms with Crippen molar-refractivity contribution in [3.63, 3.8) is 0 Å². The average Bonchev–Trinajstić information content (AvgIpc) is 1.96. The third-order valence-electron chi connectivity index (χ3n) is 2.06. The standard InChI is InChI=1S/C9H21O2Si/c1-5-6-9(8(11)7-10)12(2,3)4/h8,10-11H,5-7H2,1-4H3. The minimum atomic E-state index is -1.39. The van der Waals surface area contributed by atoms with Gasteiger partial charge < -0.3 is 10.2 Å². The molecular weight excluding hydrogens is 168 g/mol. The van der Waals surface area contributed by atoms with Gasteiger partial charge in [0.1, 0.15) is 0 Å². The zero-order valence-electron chi connectivity index (χ0n) is 8.59. The largest absolute Gasteiger partial charge is 0.394 e. The molecule has 0 rings (SSSR count). The summed E-state index contributed by atoms with van der Waals surface area (Å²) in [6, 6.07) is 0. The summed E-state index contributed by atoms with van der Waals surface area (Å²) in [7, 11) is -1.39. The van der Waals surface area contributed by atoms with Gasteiger partial charge in [-0.15, -0.1) is 0 Å². The second kappa shape index (κ2) is 4.99. The Kier molecular flexibility index (Phi) is 5.05. The Hall–Kier alpha value is 0.137. The van der Waals surface area contributed by atoms with Crippen LogP contribution in [0.5, 0.6) is 0 Å². The van der Waals surface area contributed by atoms with Crippen LogP contribution in [0.25, 0.3) is 0 Å². The van der Waals surface area contributed by atoms with Crippen LogP contribution in [-0.2, 0) is 0 Å². The lowest BCUT2D eigenvalue weighted by Crippen LogP contribution is -2.40. The topological polar surface area (TPSA) is 40.5 Å². The molecule has 0 aromatic heterocycles. The lowest BCUT2D eigenvalue weighted by Gasteiger charge is -2.31. The Morgan fingerprint density at radius 2 is 1.83 bits per heavy atom. The van der Waals surface area contributed by atoms with Crippen molar-refractivity contribution in [1.82, 2.24) is 0 Å².